The lowest BCUT2D eigenvalue weighted by Crippen LogP contribution is -2.50. The Morgan fingerprint density at radius 1 is 1.10 bits per heavy atom. The van der Waals surface area contributed by atoms with Crippen LogP contribution < -0.4 is 4.74 Å². The van der Waals surface area contributed by atoms with E-state index in [-0.39, 0.29) is 18.3 Å². The summed E-state index contributed by atoms with van der Waals surface area (Å²) in [6.45, 7) is 2.73. The van der Waals surface area contributed by atoms with Gasteiger partial charge in [-0.05, 0) is 5.56 Å². The topological polar surface area (TPSA) is 75.3 Å². The zero-order valence-corrected chi connectivity index (χ0v) is 17.9. The van der Waals surface area contributed by atoms with Crippen molar-refractivity contribution >= 4 is 41.0 Å². The summed E-state index contributed by atoms with van der Waals surface area (Å²) in [5, 5.41) is 13.9. The number of amides is 1. The first-order chi connectivity index (χ1) is 13.7. The molecule has 1 aromatic carbocycles. The number of hydrogen-bond acceptors (Lipinski definition) is 7. The minimum absolute atomic E-state index is 0. The number of piperazine rings is 1. The summed E-state index contributed by atoms with van der Waals surface area (Å²) in [7, 11) is 3.31. The fourth-order valence-corrected chi connectivity index (χ4v) is 4.21. The molecule has 0 radical (unpaired) electrons. The minimum atomic E-state index is -0.0489. The smallest absolute Gasteiger partial charge is 0.261 e. The average molecular weight is 435 g/mol. The summed E-state index contributed by atoms with van der Waals surface area (Å²) in [5.74, 6) is 1.12. The van der Waals surface area contributed by atoms with Crippen molar-refractivity contribution < 1.29 is 9.53 Å². The van der Waals surface area contributed by atoms with Crippen molar-refractivity contribution in [1.82, 2.24) is 19.6 Å². The Hall–Kier alpha value is -2.52. The van der Waals surface area contributed by atoms with E-state index < -0.39 is 0 Å². The largest absolute Gasteiger partial charge is 0.479 e. The number of carbonyl (C=O) groups excluding carboxylic acids is 1. The second-order valence-electron chi connectivity index (χ2n) is 6.59. The van der Waals surface area contributed by atoms with Gasteiger partial charge in [-0.25, -0.2) is 0 Å². The van der Waals surface area contributed by atoms with Crippen LogP contribution >= 0.6 is 24.2 Å². The van der Waals surface area contributed by atoms with E-state index in [9.17, 15) is 4.79 Å². The monoisotopic (exact) mass is 434 g/mol. The van der Waals surface area contributed by atoms with Crippen LogP contribution in [0.5, 0.6) is 5.88 Å². The summed E-state index contributed by atoms with van der Waals surface area (Å²) in [4.78, 5) is 16.8. The Morgan fingerprint density at radius 2 is 1.83 bits per heavy atom. The van der Waals surface area contributed by atoms with E-state index in [0.29, 0.717) is 24.5 Å². The highest BCUT2D eigenvalue weighted by Gasteiger charge is 2.28. The highest BCUT2D eigenvalue weighted by atomic mass is 35.5. The van der Waals surface area contributed by atoms with Crippen LogP contribution in [0.25, 0.3) is 0 Å². The molecule has 0 aliphatic carbocycles. The fourth-order valence-electron chi connectivity index (χ4n) is 3.26. The van der Waals surface area contributed by atoms with Crippen molar-refractivity contribution in [3.8, 4) is 5.88 Å². The first kappa shape index (κ1) is 21.2. The van der Waals surface area contributed by atoms with E-state index in [2.05, 4.69) is 32.3 Å². The number of thioether (sulfide) groups is 1. The summed E-state index contributed by atoms with van der Waals surface area (Å²) in [6.07, 6.45) is 1.70. The molecule has 0 saturated carbocycles. The highest BCUT2D eigenvalue weighted by molar-refractivity contribution is 8.14. The number of methoxy groups -OCH3 is 1. The molecule has 0 bridgehead atoms. The molecule has 154 valence electrons. The van der Waals surface area contributed by atoms with Crippen LogP contribution in [0.1, 0.15) is 15.9 Å². The number of carbonyl (C=O) groups is 1. The van der Waals surface area contributed by atoms with Crippen LogP contribution in [-0.2, 0) is 7.05 Å². The molecule has 2 aliphatic heterocycles. The van der Waals surface area contributed by atoms with Gasteiger partial charge in [-0.15, -0.1) is 22.6 Å². The molecule has 1 fully saturated rings. The molecule has 0 atom stereocenters. The number of benzene rings is 1. The number of nitrogens with zero attached hydrogens (tertiary/aromatic N) is 6. The Kier molecular flexibility index (Phi) is 6.81. The maximum atomic E-state index is 12.8. The second-order valence-corrected chi connectivity index (χ2v) is 7.53. The summed E-state index contributed by atoms with van der Waals surface area (Å²) in [5.41, 5.74) is 2.60. The van der Waals surface area contributed by atoms with Gasteiger partial charge < -0.3 is 14.5 Å². The van der Waals surface area contributed by atoms with Crippen molar-refractivity contribution in [3.05, 3.63) is 47.7 Å². The van der Waals surface area contributed by atoms with Crippen molar-refractivity contribution in [3.63, 3.8) is 0 Å². The molecule has 4 rings (SSSR count). The predicted molar refractivity (Wildman–Crippen MR) is 117 cm³/mol. The number of aryl methyl sites for hydroxylation is 1. The number of amidine groups is 1. The molecule has 29 heavy (non-hydrogen) atoms. The number of hydrogen-bond donors (Lipinski definition) is 0. The van der Waals surface area contributed by atoms with Crippen molar-refractivity contribution in [1.29, 1.82) is 0 Å². The summed E-state index contributed by atoms with van der Waals surface area (Å²) >= 11 is 1.70. The number of rotatable bonds is 3. The van der Waals surface area contributed by atoms with E-state index in [1.165, 1.54) is 7.11 Å². The lowest BCUT2D eigenvalue weighted by molar-refractivity contribution is 0.0690. The Balaban J connectivity index is 0.00000240. The third kappa shape index (κ3) is 4.56. The molecule has 2 aromatic rings. The summed E-state index contributed by atoms with van der Waals surface area (Å²) < 4.78 is 6.81. The van der Waals surface area contributed by atoms with Crippen molar-refractivity contribution in [2.24, 2.45) is 17.3 Å². The lowest BCUT2D eigenvalue weighted by Gasteiger charge is -2.36. The molecule has 10 heteroatoms. The van der Waals surface area contributed by atoms with Gasteiger partial charge in [-0.3, -0.25) is 9.48 Å². The minimum Gasteiger partial charge on any atom is -0.479 e. The van der Waals surface area contributed by atoms with Crippen molar-refractivity contribution in [2.45, 2.75) is 0 Å². The lowest BCUT2D eigenvalue weighted by atomic mass is 10.1. The number of halogens is 1. The Morgan fingerprint density at radius 3 is 2.45 bits per heavy atom. The molecule has 8 nitrogen and oxygen atoms in total. The van der Waals surface area contributed by atoms with Gasteiger partial charge in [0.1, 0.15) is 5.56 Å². The first-order valence-corrected chi connectivity index (χ1v) is 10.1. The highest BCUT2D eigenvalue weighted by Crippen LogP contribution is 2.21. The molecular formula is C19H23ClN6O2S. The zero-order valence-electron chi connectivity index (χ0n) is 16.3. The molecule has 0 unspecified atom stereocenters. The van der Waals surface area contributed by atoms with E-state index in [1.54, 1.807) is 29.7 Å². The average Bonchev–Trinajstić information content (AvgIpc) is 3.15. The van der Waals surface area contributed by atoms with Gasteiger partial charge in [0, 0.05) is 45.2 Å². The zero-order chi connectivity index (χ0) is 19.5. The van der Waals surface area contributed by atoms with Crippen LogP contribution in [0.4, 0.5) is 0 Å². The fraction of sp³-hybridized carbons (Fsp3) is 0.368. The predicted octanol–water partition coefficient (Wildman–Crippen LogP) is 2.12. The van der Waals surface area contributed by atoms with Crippen LogP contribution in [0.15, 0.2) is 46.7 Å². The van der Waals surface area contributed by atoms with Crippen LogP contribution in [-0.4, -0.2) is 75.4 Å². The molecule has 3 heterocycles. The van der Waals surface area contributed by atoms with Crippen LogP contribution in [0, 0.1) is 0 Å². The van der Waals surface area contributed by atoms with Gasteiger partial charge >= 0.3 is 0 Å². The van der Waals surface area contributed by atoms with E-state index in [0.717, 1.165) is 35.3 Å². The van der Waals surface area contributed by atoms with Crippen LogP contribution in [0.3, 0.4) is 0 Å². The second kappa shape index (κ2) is 9.32. The molecule has 2 aliphatic rings. The quantitative estimate of drug-likeness (QED) is 0.739. The number of aromatic nitrogens is 2. The van der Waals surface area contributed by atoms with Crippen LogP contribution in [0.2, 0.25) is 0 Å². The van der Waals surface area contributed by atoms with Gasteiger partial charge in [-0.1, -0.05) is 42.1 Å². The molecule has 1 saturated heterocycles. The van der Waals surface area contributed by atoms with E-state index in [4.69, 9.17) is 4.74 Å². The van der Waals surface area contributed by atoms with Crippen molar-refractivity contribution in [2.75, 3.05) is 39.0 Å². The molecule has 0 N–H and O–H groups in total. The molecule has 1 amide bonds. The molecule has 0 spiro atoms. The Labute approximate surface area is 180 Å². The molecule has 1 aromatic heterocycles. The third-order valence-electron chi connectivity index (χ3n) is 4.76. The van der Waals surface area contributed by atoms with Gasteiger partial charge in [0.25, 0.3) is 5.91 Å². The van der Waals surface area contributed by atoms with Gasteiger partial charge in [0.2, 0.25) is 5.88 Å². The standard InChI is InChI=1S/C19H22N6O2S.ClH/c1-23-12-15(17(22-23)27-2)18(26)24-8-10-25(11-9-24)19-21-20-16(13-28-19)14-6-4-3-5-7-14;/h3-7,12H,8-11,13H2,1-2H3;1H. The van der Waals surface area contributed by atoms with Gasteiger partial charge in [-0.2, -0.15) is 5.10 Å². The maximum Gasteiger partial charge on any atom is 0.261 e. The summed E-state index contributed by atoms with van der Waals surface area (Å²) in [6, 6.07) is 10.1. The maximum absolute atomic E-state index is 12.8. The Bertz CT molecular complexity index is 922. The van der Waals surface area contributed by atoms with E-state index >= 15 is 0 Å². The number of ether oxygens (including phenoxy) is 1. The van der Waals surface area contributed by atoms with Gasteiger partial charge in [0.05, 0.1) is 12.8 Å². The SMILES string of the molecule is COc1nn(C)cc1C(=O)N1CCN(C2=NN=C(c3ccccc3)CS2)CC1.Cl. The van der Waals surface area contributed by atoms with E-state index in [1.807, 2.05) is 23.1 Å². The normalized spacial score (nSPS) is 16.6. The molecular weight excluding hydrogens is 412 g/mol. The third-order valence-corrected chi connectivity index (χ3v) is 5.77. The van der Waals surface area contributed by atoms with Gasteiger partial charge in [0.15, 0.2) is 5.17 Å². The first-order valence-electron chi connectivity index (χ1n) is 9.10.